The maximum atomic E-state index is 12.1. The van der Waals surface area contributed by atoms with E-state index in [0.717, 1.165) is 38.2 Å². The minimum Gasteiger partial charge on any atom is -0.340 e. The number of anilines is 1. The van der Waals surface area contributed by atoms with Gasteiger partial charge in [0.15, 0.2) is 0 Å². The highest BCUT2D eigenvalue weighted by Gasteiger charge is 2.18. The van der Waals surface area contributed by atoms with E-state index in [1.165, 1.54) is 6.42 Å². The summed E-state index contributed by atoms with van der Waals surface area (Å²) in [5.41, 5.74) is 0.712. The van der Waals surface area contributed by atoms with E-state index in [1.54, 1.807) is 0 Å². The van der Waals surface area contributed by atoms with Crippen LogP contribution in [-0.2, 0) is 0 Å². The first-order valence-corrected chi connectivity index (χ1v) is 7.24. The number of aromatic amines is 1. The molecule has 5 heteroatoms. The summed E-state index contributed by atoms with van der Waals surface area (Å²) in [5.74, 6) is 0.699. The summed E-state index contributed by atoms with van der Waals surface area (Å²) in [5, 5.41) is 0.654. The second kappa shape index (κ2) is 5.63. The molecule has 1 fully saturated rings. The molecule has 2 aromatic rings. The van der Waals surface area contributed by atoms with Gasteiger partial charge in [-0.05, 0) is 25.1 Å². The molecule has 0 atom stereocenters. The van der Waals surface area contributed by atoms with Gasteiger partial charge in [0.1, 0.15) is 0 Å². The largest absolute Gasteiger partial charge is 0.340 e. The Morgan fingerprint density at radius 2 is 1.95 bits per heavy atom. The van der Waals surface area contributed by atoms with Gasteiger partial charge in [-0.2, -0.15) is 0 Å². The average Bonchev–Trinajstić information content (AvgIpc) is 2.48. The Labute approximate surface area is 118 Å². The normalized spacial score (nSPS) is 16.8. The highest BCUT2D eigenvalue weighted by Crippen LogP contribution is 2.13. The van der Waals surface area contributed by atoms with Gasteiger partial charge < -0.3 is 4.90 Å². The van der Waals surface area contributed by atoms with E-state index in [1.807, 2.05) is 24.3 Å². The van der Waals surface area contributed by atoms with Gasteiger partial charge in [-0.1, -0.05) is 19.1 Å². The van der Waals surface area contributed by atoms with Crippen molar-refractivity contribution in [1.29, 1.82) is 0 Å². The molecule has 1 N–H and O–H groups in total. The van der Waals surface area contributed by atoms with E-state index in [0.29, 0.717) is 11.3 Å². The Balaban J connectivity index is 1.83. The average molecular weight is 272 g/mol. The first kappa shape index (κ1) is 13.1. The number of nitrogens with zero attached hydrogens (tertiary/aromatic N) is 3. The molecule has 1 aliphatic rings. The minimum absolute atomic E-state index is 0.0541. The van der Waals surface area contributed by atoms with Crippen LogP contribution in [0.2, 0.25) is 0 Å². The van der Waals surface area contributed by atoms with Crippen molar-refractivity contribution in [2.75, 3.05) is 37.6 Å². The number of para-hydroxylation sites is 1. The smallest absolute Gasteiger partial charge is 0.260 e. The lowest BCUT2D eigenvalue weighted by Gasteiger charge is -2.34. The van der Waals surface area contributed by atoms with E-state index >= 15 is 0 Å². The highest BCUT2D eigenvalue weighted by molar-refractivity contribution is 5.78. The Hall–Kier alpha value is -1.88. The third kappa shape index (κ3) is 2.54. The molecule has 0 bridgehead atoms. The van der Waals surface area contributed by atoms with Crippen molar-refractivity contribution in [3.05, 3.63) is 34.6 Å². The third-order valence-corrected chi connectivity index (χ3v) is 3.81. The lowest BCUT2D eigenvalue weighted by atomic mass is 10.2. The number of benzene rings is 1. The van der Waals surface area contributed by atoms with Crippen molar-refractivity contribution in [3.8, 4) is 0 Å². The van der Waals surface area contributed by atoms with Crippen LogP contribution in [0.5, 0.6) is 0 Å². The standard InChI is InChI=1S/C15H20N4O/c1-2-7-18-8-10-19(11-9-18)15-16-13-6-4-3-5-12(13)14(20)17-15/h3-6H,2,7-11H2,1H3,(H,16,17,20). The van der Waals surface area contributed by atoms with Crippen LogP contribution in [-0.4, -0.2) is 47.6 Å². The fourth-order valence-corrected chi connectivity index (χ4v) is 2.72. The van der Waals surface area contributed by atoms with Gasteiger partial charge in [0.25, 0.3) is 5.56 Å². The van der Waals surface area contributed by atoms with Crippen LogP contribution in [0.1, 0.15) is 13.3 Å². The van der Waals surface area contributed by atoms with E-state index in [9.17, 15) is 4.79 Å². The van der Waals surface area contributed by atoms with Gasteiger partial charge in [0.2, 0.25) is 5.95 Å². The number of H-pyrrole nitrogens is 1. The molecule has 0 spiro atoms. The van der Waals surface area contributed by atoms with Crippen LogP contribution < -0.4 is 10.5 Å². The molecule has 0 radical (unpaired) electrons. The summed E-state index contributed by atoms with van der Waals surface area (Å²) in [4.78, 5) is 24.2. The maximum absolute atomic E-state index is 12.1. The van der Waals surface area contributed by atoms with Crippen LogP contribution in [0.4, 0.5) is 5.95 Å². The molecule has 106 valence electrons. The molecule has 20 heavy (non-hydrogen) atoms. The summed E-state index contributed by atoms with van der Waals surface area (Å²) >= 11 is 0. The second-order valence-corrected chi connectivity index (χ2v) is 5.24. The predicted octanol–water partition coefficient (Wildman–Crippen LogP) is 1.46. The van der Waals surface area contributed by atoms with Crippen LogP contribution in [0.3, 0.4) is 0 Å². The molecule has 0 aliphatic carbocycles. The number of piperazine rings is 1. The number of nitrogens with one attached hydrogen (secondary N) is 1. The molecule has 3 rings (SSSR count). The fraction of sp³-hybridized carbons (Fsp3) is 0.467. The van der Waals surface area contributed by atoms with Gasteiger partial charge in [0.05, 0.1) is 10.9 Å². The zero-order valence-electron chi connectivity index (χ0n) is 11.8. The Morgan fingerprint density at radius 1 is 1.20 bits per heavy atom. The number of hydrogen-bond acceptors (Lipinski definition) is 4. The van der Waals surface area contributed by atoms with Crippen LogP contribution >= 0.6 is 0 Å². The van der Waals surface area contributed by atoms with Gasteiger partial charge in [0, 0.05) is 26.2 Å². The van der Waals surface area contributed by atoms with Crippen LogP contribution in [0.15, 0.2) is 29.1 Å². The molecule has 1 saturated heterocycles. The van der Waals surface area contributed by atoms with Crippen molar-refractivity contribution in [3.63, 3.8) is 0 Å². The van der Waals surface area contributed by atoms with E-state index in [2.05, 4.69) is 26.7 Å². The maximum Gasteiger partial charge on any atom is 0.260 e. The number of fused-ring (bicyclic) bond motifs is 1. The zero-order chi connectivity index (χ0) is 13.9. The van der Waals surface area contributed by atoms with E-state index in [-0.39, 0.29) is 5.56 Å². The summed E-state index contributed by atoms with van der Waals surface area (Å²) in [6, 6.07) is 7.48. The molecule has 1 aromatic carbocycles. The quantitative estimate of drug-likeness (QED) is 0.919. The van der Waals surface area contributed by atoms with E-state index in [4.69, 9.17) is 0 Å². The van der Waals surface area contributed by atoms with Gasteiger partial charge in [-0.25, -0.2) is 4.98 Å². The lowest BCUT2D eigenvalue weighted by Crippen LogP contribution is -2.47. The summed E-state index contributed by atoms with van der Waals surface area (Å²) < 4.78 is 0. The zero-order valence-corrected chi connectivity index (χ0v) is 11.8. The second-order valence-electron chi connectivity index (χ2n) is 5.24. The molecule has 5 nitrogen and oxygen atoms in total. The summed E-state index contributed by atoms with van der Waals surface area (Å²) in [6.07, 6.45) is 1.19. The number of aromatic nitrogens is 2. The number of rotatable bonds is 3. The van der Waals surface area contributed by atoms with Crippen molar-refractivity contribution in [1.82, 2.24) is 14.9 Å². The molecule has 0 saturated carbocycles. The predicted molar refractivity (Wildman–Crippen MR) is 81.3 cm³/mol. The first-order chi connectivity index (χ1) is 9.78. The van der Waals surface area contributed by atoms with Crippen molar-refractivity contribution in [2.24, 2.45) is 0 Å². The topological polar surface area (TPSA) is 52.2 Å². The molecule has 1 aromatic heterocycles. The minimum atomic E-state index is -0.0541. The van der Waals surface area contributed by atoms with Crippen molar-refractivity contribution < 1.29 is 0 Å². The third-order valence-electron chi connectivity index (χ3n) is 3.81. The molecular weight excluding hydrogens is 252 g/mol. The van der Waals surface area contributed by atoms with Crippen LogP contribution in [0, 0.1) is 0 Å². The van der Waals surface area contributed by atoms with E-state index < -0.39 is 0 Å². The summed E-state index contributed by atoms with van der Waals surface area (Å²) in [6.45, 7) is 7.25. The Kier molecular flexibility index (Phi) is 3.69. The fourth-order valence-electron chi connectivity index (χ4n) is 2.72. The Morgan fingerprint density at radius 3 is 2.70 bits per heavy atom. The lowest BCUT2D eigenvalue weighted by molar-refractivity contribution is 0.257. The van der Waals surface area contributed by atoms with Crippen molar-refractivity contribution >= 4 is 16.9 Å². The molecule has 1 aliphatic heterocycles. The van der Waals surface area contributed by atoms with Gasteiger partial charge >= 0.3 is 0 Å². The highest BCUT2D eigenvalue weighted by atomic mass is 16.1. The molecule has 0 unspecified atom stereocenters. The molecular formula is C15H20N4O. The van der Waals surface area contributed by atoms with Crippen LogP contribution in [0.25, 0.3) is 10.9 Å². The SMILES string of the molecule is CCCN1CCN(c2nc3ccccc3c(=O)[nH]2)CC1. The van der Waals surface area contributed by atoms with Gasteiger partial charge in [-0.15, -0.1) is 0 Å². The molecule has 0 amide bonds. The summed E-state index contributed by atoms with van der Waals surface area (Å²) in [7, 11) is 0. The Bertz CT molecular complexity index is 644. The monoisotopic (exact) mass is 272 g/mol. The van der Waals surface area contributed by atoms with Gasteiger partial charge in [-0.3, -0.25) is 14.7 Å². The first-order valence-electron chi connectivity index (χ1n) is 7.24. The van der Waals surface area contributed by atoms with Crippen molar-refractivity contribution in [2.45, 2.75) is 13.3 Å². The number of hydrogen-bond donors (Lipinski definition) is 1. The molecule has 2 heterocycles.